The highest BCUT2D eigenvalue weighted by atomic mass is 32.2. The van der Waals surface area contributed by atoms with Crippen molar-refractivity contribution in [2.24, 2.45) is 5.92 Å². The highest BCUT2D eigenvalue weighted by molar-refractivity contribution is 7.91. The molecule has 1 saturated heterocycles. The van der Waals surface area contributed by atoms with Crippen LogP contribution in [0.3, 0.4) is 0 Å². The number of thiophene rings is 1. The van der Waals surface area contributed by atoms with Crippen LogP contribution in [0, 0.1) is 5.92 Å². The Morgan fingerprint density at radius 3 is 2.48 bits per heavy atom. The Kier molecular flexibility index (Phi) is 7.46. The zero-order chi connectivity index (χ0) is 18.4. The number of sulfonamides is 1. The lowest BCUT2D eigenvalue weighted by Gasteiger charge is -2.25. The van der Waals surface area contributed by atoms with Crippen molar-refractivity contribution < 1.29 is 13.2 Å². The first kappa shape index (κ1) is 20.4. The fourth-order valence-corrected chi connectivity index (χ4v) is 5.99. The third kappa shape index (κ3) is 6.08. The van der Waals surface area contributed by atoms with E-state index >= 15 is 0 Å². The van der Waals surface area contributed by atoms with Gasteiger partial charge >= 0.3 is 0 Å². The molecule has 1 atom stereocenters. The van der Waals surface area contributed by atoms with E-state index < -0.39 is 10.0 Å². The normalized spacial score (nSPS) is 17.6. The van der Waals surface area contributed by atoms with Gasteiger partial charge in [-0.15, -0.1) is 11.3 Å². The van der Waals surface area contributed by atoms with Crippen LogP contribution in [-0.2, 0) is 21.2 Å². The van der Waals surface area contributed by atoms with E-state index in [1.165, 1.54) is 11.3 Å². The lowest BCUT2D eigenvalue weighted by atomic mass is 10.0. The molecule has 0 spiro atoms. The molecule has 1 fully saturated rings. The van der Waals surface area contributed by atoms with Gasteiger partial charge in [0.25, 0.3) is 10.0 Å². The van der Waals surface area contributed by atoms with Crippen molar-refractivity contribution in [3.8, 4) is 0 Å². The molecule has 0 aliphatic carbocycles. The maximum atomic E-state index is 12.6. The molecule has 0 radical (unpaired) electrons. The van der Waals surface area contributed by atoms with Crippen LogP contribution >= 0.6 is 11.3 Å². The largest absolute Gasteiger partial charge is 0.353 e. The van der Waals surface area contributed by atoms with Gasteiger partial charge in [-0.05, 0) is 50.7 Å². The molecule has 5 nitrogen and oxygen atoms in total. The van der Waals surface area contributed by atoms with Crippen LogP contribution in [0.5, 0.6) is 0 Å². The van der Waals surface area contributed by atoms with Crippen LogP contribution in [0.25, 0.3) is 0 Å². The molecule has 25 heavy (non-hydrogen) atoms. The van der Waals surface area contributed by atoms with Crippen molar-refractivity contribution in [2.75, 3.05) is 13.1 Å². The third-order valence-electron chi connectivity index (χ3n) is 4.47. The average molecular weight is 387 g/mol. The van der Waals surface area contributed by atoms with Gasteiger partial charge in [-0.3, -0.25) is 4.79 Å². The maximum Gasteiger partial charge on any atom is 0.252 e. The first-order valence-corrected chi connectivity index (χ1v) is 11.4. The standard InChI is InChI=1S/C18H30N2O3S2/c1-14(2)7-8-15(3)19-17(21)13-16-9-10-18(24-16)25(22,23)20-11-5-4-6-12-20/h9-10,14-15H,4-8,11-13H2,1-3H3,(H,19,21). The number of carbonyl (C=O) groups excluding carboxylic acids is 1. The Balaban J connectivity index is 1.91. The Morgan fingerprint density at radius 1 is 1.16 bits per heavy atom. The molecule has 1 aliphatic heterocycles. The molecule has 1 aromatic rings. The van der Waals surface area contributed by atoms with E-state index in [-0.39, 0.29) is 18.4 Å². The lowest BCUT2D eigenvalue weighted by molar-refractivity contribution is -0.121. The molecule has 0 saturated carbocycles. The number of nitrogens with one attached hydrogen (secondary N) is 1. The molecule has 1 aliphatic rings. The minimum absolute atomic E-state index is 0.0416. The van der Waals surface area contributed by atoms with Crippen molar-refractivity contribution >= 4 is 27.3 Å². The van der Waals surface area contributed by atoms with Crippen molar-refractivity contribution in [1.29, 1.82) is 0 Å². The Bertz CT molecular complexity index is 662. The van der Waals surface area contributed by atoms with Gasteiger partial charge in [0, 0.05) is 24.0 Å². The third-order valence-corrected chi connectivity index (χ3v) is 7.92. The van der Waals surface area contributed by atoms with Crippen molar-refractivity contribution in [1.82, 2.24) is 9.62 Å². The summed E-state index contributed by atoms with van der Waals surface area (Å²) >= 11 is 1.22. The van der Waals surface area contributed by atoms with E-state index in [0.29, 0.717) is 23.2 Å². The van der Waals surface area contributed by atoms with E-state index in [1.54, 1.807) is 16.4 Å². The number of hydrogen-bond donors (Lipinski definition) is 1. The van der Waals surface area contributed by atoms with Gasteiger partial charge in [-0.2, -0.15) is 4.31 Å². The first-order chi connectivity index (χ1) is 11.8. The van der Waals surface area contributed by atoms with Gasteiger partial charge in [0.05, 0.1) is 6.42 Å². The minimum atomic E-state index is -3.40. The minimum Gasteiger partial charge on any atom is -0.353 e. The number of amides is 1. The Labute approximate surface area is 155 Å². The van der Waals surface area contributed by atoms with Gasteiger partial charge in [0.2, 0.25) is 5.91 Å². The van der Waals surface area contributed by atoms with Gasteiger partial charge in [0.1, 0.15) is 4.21 Å². The quantitative estimate of drug-likeness (QED) is 0.744. The van der Waals surface area contributed by atoms with Crippen LogP contribution in [-0.4, -0.2) is 37.8 Å². The van der Waals surface area contributed by atoms with Crippen molar-refractivity contribution in [2.45, 2.75) is 69.5 Å². The van der Waals surface area contributed by atoms with E-state index in [2.05, 4.69) is 19.2 Å². The van der Waals surface area contributed by atoms with Crippen LogP contribution in [0.15, 0.2) is 16.3 Å². The summed E-state index contributed by atoms with van der Waals surface area (Å²) in [6.07, 6.45) is 5.23. The molecule has 1 unspecified atom stereocenters. The summed E-state index contributed by atoms with van der Waals surface area (Å²) in [6.45, 7) is 7.56. The van der Waals surface area contributed by atoms with E-state index in [9.17, 15) is 13.2 Å². The topological polar surface area (TPSA) is 66.5 Å². The van der Waals surface area contributed by atoms with E-state index in [4.69, 9.17) is 0 Å². The number of piperidine rings is 1. The molecule has 7 heteroatoms. The predicted octanol–water partition coefficient (Wildman–Crippen LogP) is 3.41. The summed E-state index contributed by atoms with van der Waals surface area (Å²) in [5, 5.41) is 3.00. The molecule has 2 heterocycles. The maximum absolute atomic E-state index is 12.6. The summed E-state index contributed by atoms with van der Waals surface area (Å²) in [6, 6.07) is 3.55. The number of rotatable bonds is 8. The first-order valence-electron chi connectivity index (χ1n) is 9.17. The molecule has 0 bridgehead atoms. The molecule has 1 amide bonds. The predicted molar refractivity (Wildman–Crippen MR) is 102 cm³/mol. The second-order valence-electron chi connectivity index (χ2n) is 7.30. The Morgan fingerprint density at radius 2 is 1.84 bits per heavy atom. The fourth-order valence-electron chi connectivity index (χ4n) is 2.96. The monoisotopic (exact) mass is 386 g/mol. The SMILES string of the molecule is CC(C)CCC(C)NC(=O)Cc1ccc(S(=O)(=O)N2CCCCC2)s1. The number of hydrogen-bond acceptors (Lipinski definition) is 4. The highest BCUT2D eigenvalue weighted by Gasteiger charge is 2.27. The van der Waals surface area contributed by atoms with Crippen molar-refractivity contribution in [3.05, 3.63) is 17.0 Å². The van der Waals surface area contributed by atoms with Gasteiger partial charge in [-0.1, -0.05) is 20.3 Å². The zero-order valence-corrected chi connectivity index (χ0v) is 17.1. The molecule has 1 N–H and O–H groups in total. The van der Waals surface area contributed by atoms with Crippen LogP contribution < -0.4 is 5.32 Å². The zero-order valence-electron chi connectivity index (χ0n) is 15.5. The molecule has 142 valence electrons. The molecular formula is C18H30N2O3S2. The summed E-state index contributed by atoms with van der Waals surface area (Å²) < 4.78 is 27.2. The van der Waals surface area contributed by atoms with E-state index in [0.717, 1.165) is 37.0 Å². The number of carbonyl (C=O) groups is 1. The number of nitrogens with zero attached hydrogens (tertiary/aromatic N) is 1. The highest BCUT2D eigenvalue weighted by Crippen LogP contribution is 2.27. The molecule has 0 aromatic carbocycles. The molecule has 1 aromatic heterocycles. The lowest BCUT2D eigenvalue weighted by Crippen LogP contribution is -2.35. The van der Waals surface area contributed by atoms with Crippen molar-refractivity contribution in [3.63, 3.8) is 0 Å². The Hall–Kier alpha value is -0.920. The molecule has 2 rings (SSSR count). The summed E-state index contributed by atoms with van der Waals surface area (Å²) in [5.74, 6) is 0.583. The molecular weight excluding hydrogens is 356 g/mol. The summed E-state index contributed by atoms with van der Waals surface area (Å²) in [4.78, 5) is 13.0. The summed E-state index contributed by atoms with van der Waals surface area (Å²) in [7, 11) is -3.40. The van der Waals surface area contributed by atoms with E-state index in [1.807, 2.05) is 6.92 Å². The second kappa shape index (κ2) is 9.14. The van der Waals surface area contributed by atoms with Crippen LogP contribution in [0.4, 0.5) is 0 Å². The second-order valence-corrected chi connectivity index (χ2v) is 10.6. The van der Waals surface area contributed by atoms with Gasteiger partial charge < -0.3 is 5.32 Å². The smallest absolute Gasteiger partial charge is 0.252 e. The van der Waals surface area contributed by atoms with Gasteiger partial charge in [0.15, 0.2) is 0 Å². The van der Waals surface area contributed by atoms with Gasteiger partial charge in [-0.25, -0.2) is 8.42 Å². The average Bonchev–Trinajstić information content (AvgIpc) is 3.03. The summed E-state index contributed by atoms with van der Waals surface area (Å²) in [5.41, 5.74) is 0. The van der Waals surface area contributed by atoms with Crippen LogP contribution in [0.2, 0.25) is 0 Å². The van der Waals surface area contributed by atoms with Crippen LogP contribution in [0.1, 0.15) is 57.8 Å². The fraction of sp³-hybridized carbons (Fsp3) is 0.722.